The number of benzene rings is 1. The van der Waals surface area contributed by atoms with Crippen LogP contribution in [0.25, 0.3) is 11.0 Å². The van der Waals surface area contributed by atoms with E-state index in [9.17, 15) is 4.79 Å². The standard InChI is InChI=1S/C12H12ClNO3/c1-14-12(15)17-11(7-13)10-6-8-4-2-3-5-9(8)16-10/h2-6,11H,7H2,1H3,(H,14,15)/t11-/m0/s1. The van der Waals surface area contributed by atoms with E-state index in [1.54, 1.807) is 0 Å². The summed E-state index contributed by atoms with van der Waals surface area (Å²) in [5, 5.41) is 3.33. The van der Waals surface area contributed by atoms with Crippen LogP contribution in [0.5, 0.6) is 0 Å². The normalized spacial score (nSPS) is 12.4. The number of ether oxygens (including phenoxy) is 1. The molecule has 0 fully saturated rings. The van der Waals surface area contributed by atoms with Crippen molar-refractivity contribution in [2.75, 3.05) is 12.9 Å². The lowest BCUT2D eigenvalue weighted by Gasteiger charge is -2.11. The predicted molar refractivity (Wildman–Crippen MR) is 65.2 cm³/mol. The Morgan fingerprint density at radius 1 is 1.53 bits per heavy atom. The molecule has 0 aliphatic carbocycles. The molecule has 0 saturated carbocycles. The van der Waals surface area contributed by atoms with Crippen molar-refractivity contribution in [3.63, 3.8) is 0 Å². The van der Waals surface area contributed by atoms with Gasteiger partial charge in [0, 0.05) is 12.4 Å². The summed E-state index contributed by atoms with van der Waals surface area (Å²) in [6, 6.07) is 9.39. The molecule has 0 aliphatic rings. The maximum Gasteiger partial charge on any atom is 0.407 e. The number of para-hydroxylation sites is 1. The summed E-state index contributed by atoms with van der Waals surface area (Å²) < 4.78 is 10.7. The fourth-order valence-electron chi connectivity index (χ4n) is 1.51. The van der Waals surface area contributed by atoms with E-state index in [-0.39, 0.29) is 5.88 Å². The quantitative estimate of drug-likeness (QED) is 0.856. The number of nitrogens with one attached hydrogen (secondary N) is 1. The molecule has 90 valence electrons. The molecule has 2 rings (SSSR count). The smallest absolute Gasteiger partial charge is 0.407 e. The summed E-state index contributed by atoms with van der Waals surface area (Å²) >= 11 is 5.77. The molecule has 1 N–H and O–H groups in total. The monoisotopic (exact) mass is 253 g/mol. The van der Waals surface area contributed by atoms with Gasteiger partial charge in [-0.2, -0.15) is 0 Å². The van der Waals surface area contributed by atoms with Crippen LogP contribution in [-0.4, -0.2) is 19.0 Å². The lowest BCUT2D eigenvalue weighted by atomic mass is 10.2. The molecular formula is C12H12ClNO3. The van der Waals surface area contributed by atoms with Crippen LogP contribution in [0.15, 0.2) is 34.7 Å². The van der Waals surface area contributed by atoms with Crippen molar-refractivity contribution in [1.29, 1.82) is 0 Å². The third-order valence-electron chi connectivity index (χ3n) is 2.36. The number of amides is 1. The van der Waals surface area contributed by atoms with Crippen molar-refractivity contribution in [3.05, 3.63) is 36.1 Å². The minimum atomic E-state index is -0.580. The molecule has 0 saturated heterocycles. The van der Waals surface area contributed by atoms with Gasteiger partial charge >= 0.3 is 6.09 Å². The number of carbonyl (C=O) groups excluding carboxylic acids is 1. The van der Waals surface area contributed by atoms with Gasteiger partial charge in [0.15, 0.2) is 6.10 Å². The maximum absolute atomic E-state index is 11.1. The zero-order valence-electron chi connectivity index (χ0n) is 9.27. The second kappa shape index (κ2) is 5.10. The van der Waals surface area contributed by atoms with Crippen LogP contribution in [0.1, 0.15) is 11.9 Å². The van der Waals surface area contributed by atoms with Gasteiger partial charge in [-0.25, -0.2) is 4.79 Å². The van der Waals surface area contributed by atoms with Crippen LogP contribution in [0.4, 0.5) is 4.79 Å². The first kappa shape index (κ1) is 11.8. The fraction of sp³-hybridized carbons (Fsp3) is 0.250. The van der Waals surface area contributed by atoms with Crippen LogP contribution in [-0.2, 0) is 4.74 Å². The molecule has 5 heteroatoms. The second-order valence-electron chi connectivity index (χ2n) is 3.48. The van der Waals surface area contributed by atoms with Crippen molar-refractivity contribution in [2.24, 2.45) is 0 Å². The topological polar surface area (TPSA) is 51.5 Å². The largest absolute Gasteiger partial charge is 0.457 e. The second-order valence-corrected chi connectivity index (χ2v) is 3.79. The fourth-order valence-corrected chi connectivity index (χ4v) is 1.73. The Kier molecular flexibility index (Phi) is 3.54. The van der Waals surface area contributed by atoms with E-state index in [4.69, 9.17) is 20.8 Å². The van der Waals surface area contributed by atoms with E-state index >= 15 is 0 Å². The molecule has 1 heterocycles. The van der Waals surface area contributed by atoms with Crippen molar-refractivity contribution < 1.29 is 13.9 Å². The van der Waals surface area contributed by atoms with Gasteiger partial charge < -0.3 is 14.5 Å². The van der Waals surface area contributed by atoms with Gasteiger partial charge in [0.25, 0.3) is 0 Å². The van der Waals surface area contributed by atoms with Gasteiger partial charge in [-0.15, -0.1) is 11.6 Å². The summed E-state index contributed by atoms with van der Waals surface area (Å²) in [6.45, 7) is 0. The van der Waals surface area contributed by atoms with Crippen molar-refractivity contribution in [2.45, 2.75) is 6.10 Å². The zero-order valence-corrected chi connectivity index (χ0v) is 10.0. The average Bonchev–Trinajstić information content (AvgIpc) is 2.78. The molecule has 2 aromatic rings. The van der Waals surface area contributed by atoms with Gasteiger partial charge in [0.05, 0.1) is 5.88 Å². The first-order valence-electron chi connectivity index (χ1n) is 5.17. The number of halogens is 1. The Morgan fingerprint density at radius 3 is 2.94 bits per heavy atom. The molecule has 17 heavy (non-hydrogen) atoms. The number of carbonyl (C=O) groups is 1. The highest BCUT2D eigenvalue weighted by atomic mass is 35.5. The summed E-state index contributed by atoms with van der Waals surface area (Å²) in [4.78, 5) is 11.1. The molecule has 1 amide bonds. The van der Waals surface area contributed by atoms with Crippen molar-refractivity contribution in [1.82, 2.24) is 5.32 Å². The SMILES string of the molecule is CNC(=O)O[C@@H](CCl)c1cc2ccccc2o1. The number of hydrogen-bond donors (Lipinski definition) is 1. The number of alkyl halides is 1. The van der Waals surface area contributed by atoms with E-state index in [0.29, 0.717) is 5.76 Å². The van der Waals surface area contributed by atoms with Gasteiger partial charge in [0.2, 0.25) is 0 Å². The van der Waals surface area contributed by atoms with E-state index < -0.39 is 12.2 Å². The number of fused-ring (bicyclic) bond motifs is 1. The molecule has 1 aromatic carbocycles. The Bertz CT molecular complexity index is 490. The highest BCUT2D eigenvalue weighted by Gasteiger charge is 2.19. The van der Waals surface area contributed by atoms with Crippen molar-refractivity contribution in [3.8, 4) is 0 Å². The van der Waals surface area contributed by atoms with Gasteiger partial charge in [-0.3, -0.25) is 0 Å². The minimum Gasteiger partial charge on any atom is -0.457 e. The molecule has 0 aliphatic heterocycles. The molecule has 0 unspecified atom stereocenters. The highest BCUT2D eigenvalue weighted by Crippen LogP contribution is 2.26. The molecule has 0 spiro atoms. The van der Waals surface area contributed by atoms with Crippen LogP contribution < -0.4 is 5.32 Å². The molecule has 0 radical (unpaired) electrons. The number of rotatable bonds is 3. The maximum atomic E-state index is 11.1. The molecular weight excluding hydrogens is 242 g/mol. The zero-order chi connectivity index (χ0) is 12.3. The summed E-state index contributed by atoms with van der Waals surface area (Å²) in [6.07, 6.45) is -1.11. The first-order valence-corrected chi connectivity index (χ1v) is 5.71. The lowest BCUT2D eigenvalue weighted by molar-refractivity contribution is 0.0994. The third kappa shape index (κ3) is 2.53. The van der Waals surface area contributed by atoms with E-state index in [1.165, 1.54) is 7.05 Å². The van der Waals surface area contributed by atoms with E-state index in [1.807, 2.05) is 30.3 Å². The van der Waals surface area contributed by atoms with Crippen LogP contribution in [0.2, 0.25) is 0 Å². The minimum absolute atomic E-state index is 0.146. The Balaban J connectivity index is 2.27. The van der Waals surface area contributed by atoms with Gasteiger partial charge in [-0.05, 0) is 12.1 Å². The first-order chi connectivity index (χ1) is 8.24. The van der Waals surface area contributed by atoms with Crippen molar-refractivity contribution >= 4 is 28.7 Å². The van der Waals surface area contributed by atoms with Gasteiger partial charge in [-0.1, -0.05) is 18.2 Å². The molecule has 0 bridgehead atoms. The molecule has 1 atom stereocenters. The average molecular weight is 254 g/mol. The Morgan fingerprint density at radius 2 is 2.29 bits per heavy atom. The number of alkyl carbamates (subject to hydrolysis) is 1. The predicted octanol–water partition coefficient (Wildman–Crippen LogP) is 3.07. The summed E-state index contributed by atoms with van der Waals surface area (Å²) in [5.41, 5.74) is 0.748. The van der Waals surface area contributed by atoms with Crippen LogP contribution in [0.3, 0.4) is 0 Å². The Labute approximate surface area is 103 Å². The third-order valence-corrected chi connectivity index (χ3v) is 2.64. The number of furan rings is 1. The lowest BCUT2D eigenvalue weighted by Crippen LogP contribution is -2.22. The molecule has 1 aromatic heterocycles. The Hall–Kier alpha value is -1.68. The highest BCUT2D eigenvalue weighted by molar-refractivity contribution is 6.18. The van der Waals surface area contributed by atoms with E-state index in [2.05, 4.69) is 5.32 Å². The molecule has 4 nitrogen and oxygen atoms in total. The number of hydrogen-bond acceptors (Lipinski definition) is 3. The summed E-state index contributed by atoms with van der Waals surface area (Å²) in [5.74, 6) is 0.692. The summed E-state index contributed by atoms with van der Waals surface area (Å²) in [7, 11) is 1.49. The van der Waals surface area contributed by atoms with E-state index in [0.717, 1.165) is 11.0 Å². The van der Waals surface area contributed by atoms with Crippen LogP contribution >= 0.6 is 11.6 Å². The van der Waals surface area contributed by atoms with Crippen LogP contribution in [0, 0.1) is 0 Å². The van der Waals surface area contributed by atoms with Gasteiger partial charge in [0.1, 0.15) is 11.3 Å².